The molecule has 2 atom stereocenters. The second-order valence-electron chi connectivity index (χ2n) is 15.6. The number of benzene rings is 1. The topological polar surface area (TPSA) is 114 Å². The molecule has 7 heterocycles. The number of likely N-dealkylation sites (tertiary alicyclic amines) is 1. The Bertz CT molecular complexity index is 2050. The van der Waals surface area contributed by atoms with Crippen molar-refractivity contribution in [3.63, 3.8) is 0 Å². The summed E-state index contributed by atoms with van der Waals surface area (Å²) in [5.41, 5.74) is 4.47. The Hall–Kier alpha value is -3.88. The number of aromatic nitrogens is 7. The van der Waals surface area contributed by atoms with E-state index in [9.17, 15) is 0 Å². The molecule has 3 aliphatic rings. The number of piperidine rings is 1. The summed E-state index contributed by atoms with van der Waals surface area (Å²) >= 11 is 6.10. The van der Waals surface area contributed by atoms with Gasteiger partial charge in [0.05, 0.1) is 24.2 Å². The first-order chi connectivity index (χ1) is 25.0. The third kappa shape index (κ3) is 7.21. The molecule has 1 aromatic carbocycles. The average molecular weight is 743 g/mol. The highest BCUT2D eigenvalue weighted by molar-refractivity contribution is 6.76. The molecule has 274 valence electrons. The Kier molecular flexibility index (Phi) is 9.58. The number of halogens is 1. The summed E-state index contributed by atoms with van der Waals surface area (Å²) in [5.74, 6) is 3.47. The lowest BCUT2D eigenvalue weighted by Gasteiger charge is -2.33. The minimum atomic E-state index is -1.18. The predicted molar refractivity (Wildman–Crippen MR) is 201 cm³/mol. The number of hydrogen-bond acceptors (Lipinski definition) is 10. The predicted octanol–water partition coefficient (Wildman–Crippen LogP) is 7.17. The van der Waals surface area contributed by atoms with Gasteiger partial charge in [0.1, 0.15) is 29.6 Å². The molecule has 4 aromatic heterocycles. The van der Waals surface area contributed by atoms with Gasteiger partial charge < -0.3 is 23.5 Å². The van der Waals surface area contributed by atoms with Gasteiger partial charge >= 0.3 is 0 Å². The normalized spacial score (nSPS) is 20.8. The Morgan fingerprint density at radius 3 is 2.56 bits per heavy atom. The second-order valence-corrected chi connectivity index (χ2v) is 21.6. The fourth-order valence-electron chi connectivity index (χ4n) is 7.23. The molecule has 2 unspecified atom stereocenters. The molecule has 0 amide bonds. The maximum Gasteiger partial charge on any atom is 0.292 e. The number of fused-ring (bicyclic) bond motifs is 2. The van der Waals surface area contributed by atoms with Gasteiger partial charge in [-0.1, -0.05) is 43.4 Å². The molecule has 0 bridgehead atoms. The van der Waals surface area contributed by atoms with Gasteiger partial charge in [-0.15, -0.1) is 10.2 Å². The van der Waals surface area contributed by atoms with E-state index in [1.165, 1.54) is 5.56 Å². The lowest BCUT2D eigenvalue weighted by atomic mass is 9.88. The average Bonchev–Trinajstić information content (AvgIpc) is 3.76. The fourth-order valence-corrected chi connectivity index (χ4v) is 8.10. The zero-order valence-corrected chi connectivity index (χ0v) is 32.4. The van der Waals surface area contributed by atoms with Crippen LogP contribution in [0, 0.1) is 6.92 Å². The van der Waals surface area contributed by atoms with Crippen molar-refractivity contribution >= 4 is 30.8 Å². The van der Waals surface area contributed by atoms with E-state index < -0.39 is 13.9 Å². The number of para-hydroxylation sites is 1. The van der Waals surface area contributed by atoms with Gasteiger partial charge in [-0.05, 0) is 75.5 Å². The van der Waals surface area contributed by atoms with Crippen LogP contribution < -0.4 is 9.47 Å². The molecule has 0 radical (unpaired) electrons. The molecule has 12 nitrogen and oxygen atoms in total. The van der Waals surface area contributed by atoms with E-state index >= 15 is 0 Å². The lowest BCUT2D eigenvalue weighted by molar-refractivity contribution is -0.0722. The Morgan fingerprint density at radius 1 is 1.00 bits per heavy atom. The molecule has 2 saturated heterocycles. The minimum Gasteiger partial charge on any atom is -0.443 e. The van der Waals surface area contributed by atoms with Crippen LogP contribution in [0.2, 0.25) is 30.7 Å². The van der Waals surface area contributed by atoms with Gasteiger partial charge in [0.15, 0.2) is 23.0 Å². The first kappa shape index (κ1) is 35.2. The van der Waals surface area contributed by atoms with E-state index in [-0.39, 0.29) is 6.10 Å². The zero-order valence-electron chi connectivity index (χ0n) is 30.6. The highest BCUT2D eigenvalue weighted by Gasteiger charge is 2.42. The van der Waals surface area contributed by atoms with E-state index in [0.717, 1.165) is 110 Å². The summed E-state index contributed by atoms with van der Waals surface area (Å²) in [6.07, 6.45) is 6.73. The minimum absolute atomic E-state index is 0.179. The molecule has 5 aromatic rings. The second kappa shape index (κ2) is 14.2. The van der Waals surface area contributed by atoms with Crippen molar-refractivity contribution in [3.05, 3.63) is 76.7 Å². The monoisotopic (exact) mass is 742 g/mol. The standard InChI is InChI=1S/C38H47ClN8O4Si/c1-25-43-44-36(47(25)24-48-17-18-52(3,4)5)27-19-31-37(41-20-27)46(22-29-13-16-49-29)34(42-31)23-45-14-11-26(12-15-45)30-7-6-8-32-35(30)51-38(2,50-32)33-10-9-28(39)21-40-33/h6-10,19-21,26,29H,11-18,22-24H2,1-5H3. The van der Waals surface area contributed by atoms with E-state index in [4.69, 9.17) is 40.5 Å². The third-order valence-electron chi connectivity index (χ3n) is 10.5. The van der Waals surface area contributed by atoms with Gasteiger partial charge in [-0.25, -0.2) is 9.97 Å². The van der Waals surface area contributed by atoms with Crippen molar-refractivity contribution in [1.29, 1.82) is 0 Å². The molecule has 0 saturated carbocycles. The largest absolute Gasteiger partial charge is 0.443 e. The third-order valence-corrected chi connectivity index (χ3v) is 12.4. The summed E-state index contributed by atoms with van der Waals surface area (Å²) in [6.45, 7) is 16.2. The number of aryl methyl sites for hydroxylation is 1. The molecule has 14 heteroatoms. The highest BCUT2D eigenvalue weighted by Crippen LogP contribution is 2.49. The Labute approximate surface area is 310 Å². The van der Waals surface area contributed by atoms with Crippen molar-refractivity contribution < 1.29 is 18.9 Å². The van der Waals surface area contributed by atoms with Crippen LogP contribution in [-0.2, 0) is 35.1 Å². The number of pyridine rings is 2. The highest BCUT2D eigenvalue weighted by atomic mass is 35.5. The Balaban J connectivity index is 0.978. The van der Waals surface area contributed by atoms with E-state index in [1.54, 1.807) is 6.20 Å². The summed E-state index contributed by atoms with van der Waals surface area (Å²) in [7, 11) is -1.18. The lowest BCUT2D eigenvalue weighted by Crippen LogP contribution is -2.35. The van der Waals surface area contributed by atoms with Crippen LogP contribution in [0.1, 0.15) is 55.0 Å². The summed E-state index contributed by atoms with van der Waals surface area (Å²) in [6, 6.07) is 13.1. The van der Waals surface area contributed by atoms with Crippen LogP contribution in [0.15, 0.2) is 48.8 Å². The fraction of sp³-hybridized carbons (Fsp3) is 0.500. The number of imidazole rings is 1. The van der Waals surface area contributed by atoms with Gasteiger partial charge in [0.25, 0.3) is 5.79 Å². The van der Waals surface area contributed by atoms with Crippen LogP contribution in [0.3, 0.4) is 0 Å². The van der Waals surface area contributed by atoms with Crippen LogP contribution in [0.5, 0.6) is 11.5 Å². The van der Waals surface area contributed by atoms with Crippen LogP contribution in [0.25, 0.3) is 22.6 Å². The first-order valence-electron chi connectivity index (χ1n) is 18.3. The smallest absolute Gasteiger partial charge is 0.292 e. The molecule has 0 aliphatic carbocycles. The maximum atomic E-state index is 6.53. The van der Waals surface area contributed by atoms with Gasteiger partial charge in [0, 0.05) is 51.7 Å². The van der Waals surface area contributed by atoms with Crippen molar-refractivity contribution in [2.45, 2.75) is 96.4 Å². The van der Waals surface area contributed by atoms with Crippen molar-refractivity contribution in [3.8, 4) is 22.9 Å². The zero-order chi connectivity index (χ0) is 36.0. The number of nitrogens with zero attached hydrogens (tertiary/aromatic N) is 8. The van der Waals surface area contributed by atoms with E-state index in [2.05, 4.69) is 62.5 Å². The van der Waals surface area contributed by atoms with Crippen molar-refractivity contribution in [2.75, 3.05) is 26.3 Å². The van der Waals surface area contributed by atoms with Gasteiger partial charge in [0.2, 0.25) is 0 Å². The molecule has 3 aliphatic heterocycles. The Morgan fingerprint density at radius 2 is 1.83 bits per heavy atom. The molecule has 0 N–H and O–H groups in total. The molecular weight excluding hydrogens is 696 g/mol. The van der Waals surface area contributed by atoms with Crippen molar-refractivity contribution in [2.24, 2.45) is 0 Å². The summed E-state index contributed by atoms with van der Waals surface area (Å²) in [4.78, 5) is 17.1. The summed E-state index contributed by atoms with van der Waals surface area (Å²) < 4.78 is 29.1. The number of ether oxygens (including phenoxy) is 4. The molecule has 0 spiro atoms. The first-order valence-corrected chi connectivity index (χ1v) is 22.4. The number of hydrogen-bond donors (Lipinski definition) is 0. The van der Waals surface area contributed by atoms with Crippen molar-refractivity contribution in [1.82, 2.24) is 39.2 Å². The summed E-state index contributed by atoms with van der Waals surface area (Å²) in [5, 5.41) is 9.46. The SMILES string of the molecule is Cc1nnc(-c2cnc3c(c2)nc(CN2CCC(c4cccc5c4OC(C)(c4ccc(Cl)cn4)O5)CC2)n3CC2CCO2)n1COCC[Si](C)(C)C. The van der Waals surface area contributed by atoms with Crippen LogP contribution in [0.4, 0.5) is 0 Å². The molecule has 2 fully saturated rings. The number of rotatable bonds is 12. The van der Waals surface area contributed by atoms with Gasteiger partial charge in [-0.3, -0.25) is 14.5 Å². The van der Waals surface area contributed by atoms with E-state index in [0.29, 0.717) is 23.4 Å². The maximum absolute atomic E-state index is 6.53. The quantitative estimate of drug-likeness (QED) is 0.0963. The molecular formula is C38H47ClN8O4Si. The van der Waals surface area contributed by atoms with Gasteiger partial charge in [-0.2, -0.15) is 0 Å². The van der Waals surface area contributed by atoms with E-state index in [1.807, 2.05) is 42.8 Å². The molecule has 8 rings (SSSR count). The molecule has 52 heavy (non-hydrogen) atoms. The van der Waals surface area contributed by atoms with Crippen LogP contribution in [-0.4, -0.2) is 79.7 Å². The van der Waals surface area contributed by atoms with Crippen LogP contribution >= 0.6 is 11.6 Å².